The van der Waals surface area contributed by atoms with E-state index in [4.69, 9.17) is 0 Å². The van der Waals surface area contributed by atoms with E-state index in [2.05, 4.69) is 27.7 Å². The monoisotopic (exact) mass is 259 g/mol. The van der Waals surface area contributed by atoms with Gasteiger partial charge >= 0.3 is 0 Å². The summed E-state index contributed by atoms with van der Waals surface area (Å²) >= 11 is 0. The van der Waals surface area contributed by atoms with Crippen molar-refractivity contribution in [3.05, 3.63) is 24.3 Å². The Kier molecular flexibility index (Phi) is 3.69. The van der Waals surface area contributed by atoms with Crippen LogP contribution in [0.5, 0.6) is 0 Å². The maximum Gasteiger partial charge on any atom is 0.227 e. The molecule has 2 aliphatic rings. The summed E-state index contributed by atoms with van der Waals surface area (Å²) in [5, 5.41) is 6.35. The molecule has 0 aromatic heterocycles. The van der Waals surface area contributed by atoms with Crippen LogP contribution >= 0.6 is 0 Å². The first-order valence-corrected chi connectivity index (χ1v) is 7.19. The Morgan fingerprint density at radius 2 is 1.84 bits per heavy atom. The standard InChI is InChI=1S/C15H21N3O/c19-15(12-2-1-3-12)17-13-4-6-14(7-5-13)18-10-8-16-9-11-18/h4-7,12,16H,1-3,8-11H2,(H,17,19). The predicted molar refractivity (Wildman–Crippen MR) is 77.5 cm³/mol. The highest BCUT2D eigenvalue weighted by atomic mass is 16.1. The average Bonchev–Trinajstić information content (AvgIpc) is 2.38. The second kappa shape index (κ2) is 5.61. The fourth-order valence-corrected chi connectivity index (χ4v) is 2.59. The number of carbonyl (C=O) groups excluding carboxylic acids is 1. The average molecular weight is 259 g/mol. The van der Waals surface area contributed by atoms with Crippen molar-refractivity contribution in [1.82, 2.24) is 5.32 Å². The smallest absolute Gasteiger partial charge is 0.227 e. The molecule has 1 aromatic carbocycles. The summed E-state index contributed by atoms with van der Waals surface area (Å²) in [6, 6.07) is 8.21. The van der Waals surface area contributed by atoms with Crippen molar-refractivity contribution in [1.29, 1.82) is 0 Å². The molecule has 2 fully saturated rings. The Labute approximate surface area is 114 Å². The quantitative estimate of drug-likeness (QED) is 0.870. The molecule has 1 aliphatic carbocycles. The van der Waals surface area contributed by atoms with Gasteiger partial charge in [-0.1, -0.05) is 6.42 Å². The topological polar surface area (TPSA) is 44.4 Å². The first-order chi connectivity index (χ1) is 9.33. The van der Waals surface area contributed by atoms with Crippen molar-refractivity contribution in [3.63, 3.8) is 0 Å². The molecule has 2 N–H and O–H groups in total. The number of benzene rings is 1. The molecule has 0 spiro atoms. The van der Waals surface area contributed by atoms with Crippen molar-refractivity contribution < 1.29 is 4.79 Å². The third kappa shape index (κ3) is 2.89. The summed E-state index contributed by atoms with van der Waals surface area (Å²) in [5.74, 6) is 0.425. The fourth-order valence-electron chi connectivity index (χ4n) is 2.59. The largest absolute Gasteiger partial charge is 0.369 e. The molecule has 0 radical (unpaired) electrons. The predicted octanol–water partition coefficient (Wildman–Crippen LogP) is 1.83. The van der Waals surface area contributed by atoms with Gasteiger partial charge in [-0.05, 0) is 37.1 Å². The Balaban J connectivity index is 1.59. The lowest BCUT2D eigenvalue weighted by Gasteiger charge is -2.29. The molecule has 1 aliphatic heterocycles. The molecule has 0 bridgehead atoms. The maximum atomic E-state index is 11.9. The number of nitrogens with zero attached hydrogens (tertiary/aromatic N) is 1. The Morgan fingerprint density at radius 1 is 1.16 bits per heavy atom. The van der Waals surface area contributed by atoms with Crippen LogP contribution in [0.15, 0.2) is 24.3 Å². The van der Waals surface area contributed by atoms with E-state index in [1.165, 1.54) is 12.1 Å². The van der Waals surface area contributed by atoms with Gasteiger partial charge in [-0.15, -0.1) is 0 Å². The van der Waals surface area contributed by atoms with E-state index in [9.17, 15) is 4.79 Å². The number of carbonyl (C=O) groups is 1. The highest BCUT2D eigenvalue weighted by Gasteiger charge is 2.25. The van der Waals surface area contributed by atoms with Crippen LogP contribution in [0.2, 0.25) is 0 Å². The van der Waals surface area contributed by atoms with Gasteiger partial charge in [-0.3, -0.25) is 4.79 Å². The number of piperazine rings is 1. The number of amides is 1. The molecule has 1 heterocycles. The van der Waals surface area contributed by atoms with Gasteiger partial charge in [-0.2, -0.15) is 0 Å². The normalized spacial score (nSPS) is 19.9. The van der Waals surface area contributed by atoms with E-state index in [1.807, 2.05) is 12.1 Å². The molecule has 1 aromatic rings. The SMILES string of the molecule is O=C(Nc1ccc(N2CCNCC2)cc1)C1CCC1. The molecule has 19 heavy (non-hydrogen) atoms. The molecule has 0 atom stereocenters. The summed E-state index contributed by atoms with van der Waals surface area (Å²) in [5.41, 5.74) is 2.15. The van der Waals surface area contributed by atoms with Crippen molar-refractivity contribution in [2.45, 2.75) is 19.3 Å². The molecule has 4 heteroatoms. The Morgan fingerprint density at radius 3 is 2.42 bits per heavy atom. The van der Waals surface area contributed by atoms with Gasteiger partial charge in [-0.25, -0.2) is 0 Å². The molecule has 0 unspecified atom stereocenters. The van der Waals surface area contributed by atoms with Gasteiger partial charge in [0, 0.05) is 43.5 Å². The second-order valence-electron chi connectivity index (χ2n) is 5.40. The molecule has 1 saturated carbocycles. The summed E-state index contributed by atoms with van der Waals surface area (Å²) < 4.78 is 0. The molecule has 4 nitrogen and oxygen atoms in total. The van der Waals surface area contributed by atoms with E-state index in [1.54, 1.807) is 0 Å². The van der Waals surface area contributed by atoms with Crippen LogP contribution in [0.4, 0.5) is 11.4 Å². The zero-order chi connectivity index (χ0) is 13.1. The van der Waals surface area contributed by atoms with E-state index in [-0.39, 0.29) is 11.8 Å². The summed E-state index contributed by atoms with van der Waals surface area (Å²) in [7, 11) is 0. The van der Waals surface area contributed by atoms with Crippen LogP contribution in [-0.4, -0.2) is 32.1 Å². The van der Waals surface area contributed by atoms with Crippen molar-refractivity contribution in [2.24, 2.45) is 5.92 Å². The zero-order valence-corrected chi connectivity index (χ0v) is 11.2. The van der Waals surface area contributed by atoms with Gasteiger partial charge in [0.1, 0.15) is 0 Å². The lowest BCUT2D eigenvalue weighted by Crippen LogP contribution is -2.43. The highest BCUT2D eigenvalue weighted by molar-refractivity contribution is 5.93. The lowest BCUT2D eigenvalue weighted by atomic mass is 9.85. The molecular weight excluding hydrogens is 238 g/mol. The van der Waals surface area contributed by atoms with E-state index < -0.39 is 0 Å². The minimum absolute atomic E-state index is 0.182. The van der Waals surface area contributed by atoms with Crippen LogP contribution in [0.3, 0.4) is 0 Å². The molecule has 102 valence electrons. The van der Waals surface area contributed by atoms with Gasteiger partial charge in [0.2, 0.25) is 5.91 Å². The molecule has 1 amide bonds. The molecule has 1 saturated heterocycles. The Hall–Kier alpha value is -1.55. The highest BCUT2D eigenvalue weighted by Crippen LogP contribution is 2.28. The van der Waals surface area contributed by atoms with Crippen LogP contribution < -0.4 is 15.5 Å². The number of hydrogen-bond acceptors (Lipinski definition) is 3. The zero-order valence-electron chi connectivity index (χ0n) is 11.2. The minimum atomic E-state index is 0.182. The third-order valence-electron chi connectivity index (χ3n) is 4.09. The van der Waals surface area contributed by atoms with Crippen molar-refractivity contribution >= 4 is 17.3 Å². The van der Waals surface area contributed by atoms with E-state index >= 15 is 0 Å². The van der Waals surface area contributed by atoms with Gasteiger partial charge in [0.05, 0.1) is 0 Å². The van der Waals surface area contributed by atoms with E-state index in [0.717, 1.165) is 44.7 Å². The molecule has 3 rings (SSSR count). The number of hydrogen-bond donors (Lipinski definition) is 2. The second-order valence-corrected chi connectivity index (χ2v) is 5.40. The van der Waals surface area contributed by atoms with Crippen molar-refractivity contribution in [3.8, 4) is 0 Å². The number of rotatable bonds is 3. The molecular formula is C15H21N3O. The van der Waals surface area contributed by atoms with Crippen molar-refractivity contribution in [2.75, 3.05) is 36.4 Å². The summed E-state index contributed by atoms with van der Waals surface area (Å²) in [6.45, 7) is 4.18. The fraction of sp³-hybridized carbons (Fsp3) is 0.533. The Bertz CT molecular complexity index is 433. The van der Waals surface area contributed by atoms with Gasteiger partial charge in [0.25, 0.3) is 0 Å². The van der Waals surface area contributed by atoms with Crippen LogP contribution in [-0.2, 0) is 4.79 Å². The van der Waals surface area contributed by atoms with Crippen LogP contribution in [0.1, 0.15) is 19.3 Å². The third-order valence-corrected chi connectivity index (χ3v) is 4.09. The van der Waals surface area contributed by atoms with Gasteiger partial charge < -0.3 is 15.5 Å². The lowest BCUT2D eigenvalue weighted by molar-refractivity contribution is -0.122. The van der Waals surface area contributed by atoms with E-state index in [0.29, 0.717) is 0 Å². The summed E-state index contributed by atoms with van der Waals surface area (Å²) in [4.78, 5) is 14.2. The van der Waals surface area contributed by atoms with Crippen LogP contribution in [0.25, 0.3) is 0 Å². The summed E-state index contributed by atoms with van der Waals surface area (Å²) in [6.07, 6.45) is 3.29. The van der Waals surface area contributed by atoms with Crippen LogP contribution in [0, 0.1) is 5.92 Å². The van der Waals surface area contributed by atoms with Gasteiger partial charge in [0.15, 0.2) is 0 Å². The number of anilines is 2. The first-order valence-electron chi connectivity index (χ1n) is 7.19. The first kappa shape index (κ1) is 12.5. The maximum absolute atomic E-state index is 11.9. The number of nitrogens with one attached hydrogen (secondary N) is 2. The minimum Gasteiger partial charge on any atom is -0.369 e.